The first-order chi connectivity index (χ1) is 11.6. The number of H-pyrrole nitrogens is 2. The molecule has 24 heavy (non-hydrogen) atoms. The van der Waals surface area contributed by atoms with Gasteiger partial charge in [0.2, 0.25) is 5.91 Å². The molecule has 0 atom stereocenters. The molecule has 0 bridgehead atoms. The van der Waals surface area contributed by atoms with Gasteiger partial charge in [0, 0.05) is 29.6 Å². The fourth-order valence-corrected chi connectivity index (χ4v) is 2.92. The van der Waals surface area contributed by atoms with Gasteiger partial charge in [0.15, 0.2) is 0 Å². The van der Waals surface area contributed by atoms with Crippen LogP contribution in [0.2, 0.25) is 0 Å². The largest absolute Gasteiger partial charge is 0.352 e. The molecule has 0 fully saturated rings. The summed E-state index contributed by atoms with van der Waals surface area (Å²) in [5.74, 6) is -0.268. The zero-order chi connectivity index (χ0) is 16.9. The highest BCUT2D eigenvalue weighted by molar-refractivity contribution is 7.08. The number of aromatic amines is 2. The fraction of sp³-hybridized carbons (Fsp3) is 0.188. The van der Waals surface area contributed by atoms with Crippen molar-refractivity contribution in [2.75, 3.05) is 11.9 Å². The minimum absolute atomic E-state index is 0.126. The molecule has 7 nitrogen and oxygen atoms in total. The maximum absolute atomic E-state index is 11.9. The molecule has 0 aliphatic carbocycles. The third kappa shape index (κ3) is 3.90. The number of imidazole rings is 1. The summed E-state index contributed by atoms with van der Waals surface area (Å²) in [6, 6.07) is 6.91. The third-order valence-electron chi connectivity index (χ3n) is 3.45. The van der Waals surface area contributed by atoms with E-state index in [9.17, 15) is 14.4 Å². The van der Waals surface area contributed by atoms with E-state index < -0.39 is 0 Å². The van der Waals surface area contributed by atoms with Crippen LogP contribution in [-0.4, -0.2) is 28.3 Å². The van der Waals surface area contributed by atoms with Gasteiger partial charge in [-0.05, 0) is 36.1 Å². The van der Waals surface area contributed by atoms with E-state index in [1.165, 1.54) is 11.3 Å². The normalized spacial score (nSPS) is 10.7. The molecule has 0 spiro atoms. The number of aromatic nitrogens is 2. The second kappa shape index (κ2) is 7.14. The Balaban J connectivity index is 1.45. The molecular weight excluding hydrogens is 328 g/mol. The zero-order valence-corrected chi connectivity index (χ0v) is 13.5. The monoisotopic (exact) mass is 344 g/mol. The SMILES string of the molecule is O=C(CCCNC(=O)c1ccsc1)Nc1ccc2[nH]c(=O)[nH]c2c1. The number of anilines is 1. The van der Waals surface area contributed by atoms with Crippen LogP contribution in [0.1, 0.15) is 23.2 Å². The second-order valence-electron chi connectivity index (χ2n) is 5.26. The maximum atomic E-state index is 11.9. The summed E-state index contributed by atoms with van der Waals surface area (Å²) in [5, 5.41) is 9.17. The van der Waals surface area contributed by atoms with E-state index in [0.717, 1.165) is 0 Å². The van der Waals surface area contributed by atoms with Crippen molar-refractivity contribution < 1.29 is 9.59 Å². The number of nitrogens with one attached hydrogen (secondary N) is 4. The Bertz CT molecular complexity index is 911. The van der Waals surface area contributed by atoms with Gasteiger partial charge < -0.3 is 20.6 Å². The average Bonchev–Trinajstić information content (AvgIpc) is 3.19. The fourth-order valence-electron chi connectivity index (χ4n) is 2.28. The van der Waals surface area contributed by atoms with Crippen molar-refractivity contribution in [1.82, 2.24) is 15.3 Å². The number of carbonyl (C=O) groups is 2. The molecule has 0 aliphatic heterocycles. The summed E-state index contributed by atoms with van der Waals surface area (Å²) < 4.78 is 0. The molecule has 8 heteroatoms. The van der Waals surface area contributed by atoms with Gasteiger partial charge in [0.05, 0.1) is 11.0 Å². The third-order valence-corrected chi connectivity index (χ3v) is 4.13. The van der Waals surface area contributed by atoms with Crippen molar-refractivity contribution in [3.05, 3.63) is 51.1 Å². The summed E-state index contributed by atoms with van der Waals surface area (Å²) >= 11 is 1.47. The lowest BCUT2D eigenvalue weighted by Gasteiger charge is -2.06. The van der Waals surface area contributed by atoms with Gasteiger partial charge in [-0.3, -0.25) is 9.59 Å². The highest BCUT2D eigenvalue weighted by Gasteiger charge is 2.07. The Hall–Kier alpha value is -2.87. The van der Waals surface area contributed by atoms with Crippen LogP contribution in [0.5, 0.6) is 0 Å². The Labute approximate surface area is 141 Å². The number of carbonyl (C=O) groups excluding carboxylic acids is 2. The number of amides is 2. The predicted molar refractivity (Wildman–Crippen MR) is 93.4 cm³/mol. The molecule has 0 saturated carbocycles. The van der Waals surface area contributed by atoms with Gasteiger partial charge in [-0.15, -0.1) is 0 Å². The van der Waals surface area contributed by atoms with Crippen molar-refractivity contribution in [1.29, 1.82) is 0 Å². The van der Waals surface area contributed by atoms with Crippen LogP contribution in [0.15, 0.2) is 39.8 Å². The van der Waals surface area contributed by atoms with Gasteiger partial charge >= 0.3 is 5.69 Å². The standard InChI is InChI=1S/C16H16N4O3S/c21-14(2-1-6-17-15(22)10-5-7-24-9-10)18-11-3-4-12-13(8-11)20-16(23)19-12/h3-5,7-9H,1-2,6H2,(H,17,22)(H,18,21)(H2,19,20,23). The number of rotatable bonds is 6. The van der Waals surface area contributed by atoms with E-state index in [2.05, 4.69) is 20.6 Å². The van der Waals surface area contributed by atoms with E-state index in [4.69, 9.17) is 0 Å². The van der Waals surface area contributed by atoms with Gasteiger partial charge in [-0.25, -0.2) is 4.79 Å². The summed E-state index contributed by atoms with van der Waals surface area (Å²) in [7, 11) is 0. The van der Waals surface area contributed by atoms with Gasteiger partial charge in [0.1, 0.15) is 0 Å². The molecule has 0 unspecified atom stereocenters. The van der Waals surface area contributed by atoms with Gasteiger partial charge in [-0.2, -0.15) is 11.3 Å². The van der Waals surface area contributed by atoms with Crippen molar-refractivity contribution in [2.45, 2.75) is 12.8 Å². The van der Waals surface area contributed by atoms with Crippen molar-refractivity contribution in [2.24, 2.45) is 0 Å². The minimum atomic E-state index is -0.283. The van der Waals surface area contributed by atoms with E-state index in [-0.39, 0.29) is 17.5 Å². The van der Waals surface area contributed by atoms with Crippen molar-refractivity contribution in [3.63, 3.8) is 0 Å². The minimum Gasteiger partial charge on any atom is -0.352 e. The smallest absolute Gasteiger partial charge is 0.323 e. The predicted octanol–water partition coefficient (Wildman–Crippen LogP) is 2.07. The number of benzene rings is 1. The number of thiophene rings is 1. The molecule has 2 heterocycles. The number of hydrogen-bond acceptors (Lipinski definition) is 4. The summed E-state index contributed by atoms with van der Waals surface area (Å²) in [6.07, 6.45) is 0.844. The molecular formula is C16H16N4O3S. The van der Waals surface area contributed by atoms with Crippen LogP contribution in [0, 0.1) is 0 Å². The van der Waals surface area contributed by atoms with E-state index in [0.29, 0.717) is 41.7 Å². The Morgan fingerprint density at radius 3 is 2.75 bits per heavy atom. The van der Waals surface area contributed by atoms with E-state index >= 15 is 0 Å². The van der Waals surface area contributed by atoms with Crippen LogP contribution in [-0.2, 0) is 4.79 Å². The van der Waals surface area contributed by atoms with Crippen LogP contribution in [0.3, 0.4) is 0 Å². The molecule has 0 saturated heterocycles. The van der Waals surface area contributed by atoms with Crippen LogP contribution < -0.4 is 16.3 Å². The van der Waals surface area contributed by atoms with Crippen LogP contribution >= 0.6 is 11.3 Å². The molecule has 0 aliphatic rings. The molecule has 4 N–H and O–H groups in total. The highest BCUT2D eigenvalue weighted by atomic mass is 32.1. The van der Waals surface area contributed by atoms with Crippen molar-refractivity contribution in [3.8, 4) is 0 Å². The number of hydrogen-bond donors (Lipinski definition) is 4. The van der Waals surface area contributed by atoms with E-state index in [1.54, 1.807) is 29.6 Å². The zero-order valence-electron chi connectivity index (χ0n) is 12.7. The summed E-state index contributed by atoms with van der Waals surface area (Å²) in [4.78, 5) is 40.1. The van der Waals surface area contributed by atoms with Gasteiger partial charge in [-0.1, -0.05) is 0 Å². The lowest BCUT2D eigenvalue weighted by Crippen LogP contribution is -2.25. The maximum Gasteiger partial charge on any atom is 0.323 e. The molecule has 0 radical (unpaired) electrons. The highest BCUT2D eigenvalue weighted by Crippen LogP contribution is 2.14. The van der Waals surface area contributed by atoms with Crippen LogP contribution in [0.4, 0.5) is 5.69 Å². The lowest BCUT2D eigenvalue weighted by molar-refractivity contribution is -0.116. The average molecular weight is 344 g/mol. The van der Waals surface area contributed by atoms with Crippen molar-refractivity contribution >= 4 is 39.9 Å². The molecule has 3 aromatic rings. The van der Waals surface area contributed by atoms with Crippen LogP contribution in [0.25, 0.3) is 11.0 Å². The first kappa shape index (κ1) is 16.0. The molecule has 124 valence electrons. The summed E-state index contributed by atoms with van der Waals surface area (Å²) in [6.45, 7) is 0.437. The molecule has 2 aromatic heterocycles. The summed E-state index contributed by atoms with van der Waals surface area (Å²) in [5.41, 5.74) is 2.30. The molecule has 1 aromatic carbocycles. The topological polar surface area (TPSA) is 107 Å². The Morgan fingerprint density at radius 1 is 1.12 bits per heavy atom. The van der Waals surface area contributed by atoms with Gasteiger partial charge in [0.25, 0.3) is 5.91 Å². The Kier molecular flexibility index (Phi) is 4.76. The Morgan fingerprint density at radius 2 is 1.96 bits per heavy atom. The number of fused-ring (bicyclic) bond motifs is 1. The molecule has 2 amide bonds. The van der Waals surface area contributed by atoms with E-state index in [1.807, 2.05) is 5.38 Å². The lowest BCUT2D eigenvalue weighted by atomic mass is 10.2. The quantitative estimate of drug-likeness (QED) is 0.514. The first-order valence-electron chi connectivity index (χ1n) is 7.44. The second-order valence-corrected chi connectivity index (χ2v) is 6.04. The first-order valence-corrected chi connectivity index (χ1v) is 8.38. The molecule has 3 rings (SSSR count).